The molecule has 1 aromatic carbocycles. The number of rotatable bonds is 3. The van der Waals surface area contributed by atoms with Crippen molar-refractivity contribution in [1.29, 1.82) is 0 Å². The number of aryl methyl sites for hydroxylation is 1. The van der Waals surface area contributed by atoms with E-state index in [1.807, 2.05) is 0 Å². The van der Waals surface area contributed by atoms with Gasteiger partial charge in [-0.25, -0.2) is 25.3 Å². The lowest BCUT2D eigenvalue weighted by Crippen LogP contribution is -2.23. The standard InChI is InChI=1S/C11H13ClO6S3/c1-8-2-3-9(6-11(8)21(12,17)18)20(15,16)10-4-5-19(13,14)7-10/h2-3,6,10H,4-5,7H2,1H3/t10-/m0/s1. The van der Waals surface area contributed by atoms with Gasteiger partial charge in [-0.2, -0.15) is 0 Å². The van der Waals surface area contributed by atoms with Crippen LogP contribution in [-0.2, 0) is 28.7 Å². The van der Waals surface area contributed by atoms with E-state index in [0.717, 1.165) is 6.07 Å². The monoisotopic (exact) mass is 372 g/mol. The minimum absolute atomic E-state index is 0.0154. The first-order chi connectivity index (χ1) is 9.43. The first-order valence-electron chi connectivity index (χ1n) is 5.93. The van der Waals surface area contributed by atoms with Crippen LogP contribution in [0, 0.1) is 6.92 Å². The maximum absolute atomic E-state index is 12.4. The number of hydrogen-bond donors (Lipinski definition) is 0. The summed E-state index contributed by atoms with van der Waals surface area (Å²) in [6.07, 6.45) is 0.0154. The zero-order chi connectivity index (χ0) is 16.1. The van der Waals surface area contributed by atoms with E-state index in [0.29, 0.717) is 5.56 Å². The number of halogens is 1. The van der Waals surface area contributed by atoms with Gasteiger partial charge in [-0.05, 0) is 31.0 Å². The normalized spacial score (nSPS) is 22.3. The Hall–Kier alpha value is -0.640. The van der Waals surface area contributed by atoms with Crippen molar-refractivity contribution in [2.45, 2.75) is 28.4 Å². The van der Waals surface area contributed by atoms with E-state index in [4.69, 9.17) is 10.7 Å². The lowest BCUT2D eigenvalue weighted by Gasteiger charge is -2.11. The molecule has 1 heterocycles. The van der Waals surface area contributed by atoms with Gasteiger partial charge in [0, 0.05) is 10.7 Å². The lowest BCUT2D eigenvalue weighted by atomic mass is 10.2. The van der Waals surface area contributed by atoms with Crippen molar-refractivity contribution in [3.8, 4) is 0 Å². The maximum atomic E-state index is 12.4. The highest BCUT2D eigenvalue weighted by atomic mass is 35.7. The van der Waals surface area contributed by atoms with E-state index in [1.165, 1.54) is 19.1 Å². The van der Waals surface area contributed by atoms with Gasteiger partial charge < -0.3 is 0 Å². The van der Waals surface area contributed by atoms with Gasteiger partial charge in [-0.1, -0.05) is 6.07 Å². The average molecular weight is 373 g/mol. The fraction of sp³-hybridized carbons (Fsp3) is 0.455. The molecule has 0 aliphatic carbocycles. The van der Waals surface area contributed by atoms with E-state index >= 15 is 0 Å². The van der Waals surface area contributed by atoms with Crippen molar-refractivity contribution in [3.05, 3.63) is 23.8 Å². The Balaban J connectivity index is 2.52. The molecule has 0 amide bonds. The first kappa shape index (κ1) is 16.7. The van der Waals surface area contributed by atoms with Gasteiger partial charge >= 0.3 is 0 Å². The summed E-state index contributed by atoms with van der Waals surface area (Å²) in [6, 6.07) is 3.59. The Labute approximate surface area is 128 Å². The molecule has 6 nitrogen and oxygen atoms in total. The largest absolute Gasteiger partial charge is 0.261 e. The maximum Gasteiger partial charge on any atom is 0.261 e. The van der Waals surface area contributed by atoms with Crippen molar-refractivity contribution in [1.82, 2.24) is 0 Å². The Bertz CT molecular complexity index is 884. The number of benzene rings is 1. The van der Waals surface area contributed by atoms with Crippen molar-refractivity contribution >= 4 is 39.4 Å². The summed E-state index contributed by atoms with van der Waals surface area (Å²) in [5, 5.41) is -1.05. The average Bonchev–Trinajstić information content (AvgIpc) is 2.69. The van der Waals surface area contributed by atoms with Crippen molar-refractivity contribution in [3.63, 3.8) is 0 Å². The van der Waals surface area contributed by atoms with Crippen molar-refractivity contribution in [2.75, 3.05) is 11.5 Å². The third-order valence-electron chi connectivity index (χ3n) is 3.38. The third kappa shape index (κ3) is 3.41. The third-order valence-corrected chi connectivity index (χ3v) is 9.01. The Kier molecular flexibility index (Phi) is 4.16. The fourth-order valence-electron chi connectivity index (χ4n) is 2.22. The van der Waals surface area contributed by atoms with Gasteiger partial charge in [0.05, 0.1) is 26.5 Å². The predicted octanol–water partition coefficient (Wildman–Crippen LogP) is 0.883. The molecule has 1 fully saturated rings. The van der Waals surface area contributed by atoms with E-state index in [1.54, 1.807) is 0 Å². The van der Waals surface area contributed by atoms with Crippen LogP contribution < -0.4 is 0 Å². The molecule has 0 bridgehead atoms. The van der Waals surface area contributed by atoms with Gasteiger partial charge in [0.1, 0.15) is 0 Å². The van der Waals surface area contributed by atoms with E-state index in [9.17, 15) is 25.3 Å². The van der Waals surface area contributed by atoms with Crippen LogP contribution in [0.3, 0.4) is 0 Å². The summed E-state index contributed by atoms with van der Waals surface area (Å²) >= 11 is 0. The van der Waals surface area contributed by atoms with Crippen LogP contribution in [0.15, 0.2) is 28.0 Å². The van der Waals surface area contributed by atoms with E-state index in [-0.39, 0.29) is 22.0 Å². The van der Waals surface area contributed by atoms with Gasteiger partial charge in [-0.15, -0.1) is 0 Å². The summed E-state index contributed by atoms with van der Waals surface area (Å²) in [5.74, 6) is -0.615. The number of hydrogen-bond acceptors (Lipinski definition) is 6. The Morgan fingerprint density at radius 1 is 1.19 bits per heavy atom. The molecule has 1 atom stereocenters. The highest BCUT2D eigenvalue weighted by Crippen LogP contribution is 2.29. The topological polar surface area (TPSA) is 102 Å². The molecule has 118 valence electrons. The molecule has 0 aromatic heterocycles. The molecular formula is C11H13ClO6S3. The molecule has 1 aliphatic heterocycles. The van der Waals surface area contributed by atoms with Gasteiger partial charge in [0.15, 0.2) is 19.7 Å². The van der Waals surface area contributed by atoms with Gasteiger partial charge in [0.2, 0.25) is 0 Å². The van der Waals surface area contributed by atoms with E-state index in [2.05, 4.69) is 0 Å². The second kappa shape index (κ2) is 5.22. The first-order valence-corrected chi connectivity index (χ1v) is 11.6. The SMILES string of the molecule is Cc1ccc(S(=O)(=O)[C@H]2CCS(=O)(=O)C2)cc1S(=O)(=O)Cl. The molecule has 1 aromatic rings. The van der Waals surface area contributed by atoms with Crippen LogP contribution in [0.5, 0.6) is 0 Å². The summed E-state index contributed by atoms with van der Waals surface area (Å²) in [5.41, 5.74) is 0.322. The molecule has 1 aliphatic rings. The van der Waals surface area contributed by atoms with Crippen LogP contribution >= 0.6 is 10.7 Å². The molecule has 1 saturated heterocycles. The summed E-state index contributed by atoms with van der Waals surface area (Å²) in [6.45, 7) is 1.49. The van der Waals surface area contributed by atoms with Crippen LogP contribution in [0.1, 0.15) is 12.0 Å². The quantitative estimate of drug-likeness (QED) is 0.730. The second-order valence-electron chi connectivity index (χ2n) is 4.94. The zero-order valence-corrected chi connectivity index (χ0v) is 14.2. The van der Waals surface area contributed by atoms with Crippen LogP contribution in [-0.4, -0.2) is 42.0 Å². The molecule has 0 N–H and O–H groups in total. The molecule has 0 saturated carbocycles. The molecule has 0 radical (unpaired) electrons. The molecule has 0 spiro atoms. The van der Waals surface area contributed by atoms with Crippen LogP contribution in [0.4, 0.5) is 0 Å². The van der Waals surface area contributed by atoms with E-state index < -0.39 is 39.7 Å². The Morgan fingerprint density at radius 2 is 1.81 bits per heavy atom. The van der Waals surface area contributed by atoms with Crippen LogP contribution in [0.2, 0.25) is 0 Å². The molecule has 0 unspecified atom stereocenters. The lowest BCUT2D eigenvalue weighted by molar-refractivity contribution is 0.582. The summed E-state index contributed by atoms with van der Waals surface area (Å²) < 4.78 is 70.5. The smallest absolute Gasteiger partial charge is 0.229 e. The highest BCUT2D eigenvalue weighted by molar-refractivity contribution is 8.13. The van der Waals surface area contributed by atoms with Gasteiger partial charge in [0.25, 0.3) is 9.05 Å². The highest BCUT2D eigenvalue weighted by Gasteiger charge is 2.38. The fourth-order valence-corrected chi connectivity index (χ4v) is 7.90. The molecule has 2 rings (SSSR count). The van der Waals surface area contributed by atoms with Gasteiger partial charge in [-0.3, -0.25) is 0 Å². The molecule has 21 heavy (non-hydrogen) atoms. The molecule has 10 heteroatoms. The second-order valence-corrected chi connectivity index (χ2v) is 11.9. The van der Waals surface area contributed by atoms with Crippen molar-refractivity contribution in [2.24, 2.45) is 0 Å². The zero-order valence-electron chi connectivity index (χ0n) is 11.0. The molecular weight excluding hydrogens is 360 g/mol. The van der Waals surface area contributed by atoms with Crippen molar-refractivity contribution < 1.29 is 25.3 Å². The predicted molar refractivity (Wildman–Crippen MR) is 78.5 cm³/mol. The summed E-state index contributed by atoms with van der Waals surface area (Å²) in [4.78, 5) is -0.513. The minimum atomic E-state index is -4.07. The summed E-state index contributed by atoms with van der Waals surface area (Å²) in [7, 11) is -6.07. The minimum Gasteiger partial charge on any atom is -0.229 e. The number of sulfone groups is 2. The Morgan fingerprint density at radius 3 is 2.29 bits per heavy atom. The van der Waals surface area contributed by atoms with Crippen LogP contribution in [0.25, 0.3) is 0 Å².